The highest BCUT2D eigenvalue weighted by Crippen LogP contribution is 2.26. The molecular formula is C18H22ClN3O. The Morgan fingerprint density at radius 2 is 2.17 bits per heavy atom. The molecule has 1 aliphatic heterocycles. The number of halogens is 1. The number of carbonyl (C=O) groups is 1. The average molecular weight is 332 g/mol. The van der Waals surface area contributed by atoms with E-state index in [1.807, 2.05) is 30.4 Å². The van der Waals surface area contributed by atoms with Crippen molar-refractivity contribution < 1.29 is 4.79 Å². The lowest BCUT2D eigenvalue weighted by Crippen LogP contribution is -2.50. The predicted octanol–water partition coefficient (Wildman–Crippen LogP) is 2.28. The molecule has 1 aromatic rings. The van der Waals surface area contributed by atoms with Gasteiger partial charge in [-0.2, -0.15) is 0 Å². The standard InChI is InChI=1S/C18H22ClN3O/c19-12-14(11-13-7-3-1-4-8-13)20-18(23)17-15-9-5-2-6-10-16(15)21-22-17/h1-4,6-8,10,14-15,17,21-22H,5,9,11-12H2,(H,20,23)/t14-,15?,17?/m1/s1. The van der Waals surface area contributed by atoms with Crippen LogP contribution in [0.4, 0.5) is 0 Å². The van der Waals surface area contributed by atoms with E-state index in [9.17, 15) is 4.79 Å². The second-order valence-corrected chi connectivity index (χ2v) is 6.34. The van der Waals surface area contributed by atoms with Crippen LogP contribution in [-0.2, 0) is 11.2 Å². The summed E-state index contributed by atoms with van der Waals surface area (Å²) in [5.41, 5.74) is 8.51. The molecule has 0 aromatic heterocycles. The zero-order valence-electron chi connectivity index (χ0n) is 13.0. The van der Waals surface area contributed by atoms with Crippen molar-refractivity contribution in [1.82, 2.24) is 16.2 Å². The molecule has 5 heteroatoms. The van der Waals surface area contributed by atoms with E-state index < -0.39 is 0 Å². The summed E-state index contributed by atoms with van der Waals surface area (Å²) in [6.07, 6.45) is 8.91. The molecule has 1 fully saturated rings. The summed E-state index contributed by atoms with van der Waals surface area (Å²) in [6.45, 7) is 0. The van der Waals surface area contributed by atoms with Gasteiger partial charge in [0.25, 0.3) is 0 Å². The number of hydrogen-bond donors (Lipinski definition) is 3. The van der Waals surface area contributed by atoms with Gasteiger partial charge in [-0.1, -0.05) is 42.5 Å². The topological polar surface area (TPSA) is 53.2 Å². The molecule has 3 atom stereocenters. The van der Waals surface area contributed by atoms with Gasteiger partial charge in [-0.3, -0.25) is 4.79 Å². The fraction of sp³-hybridized carbons (Fsp3) is 0.389. The minimum Gasteiger partial charge on any atom is -0.350 e. The number of benzene rings is 1. The molecule has 1 aliphatic carbocycles. The lowest BCUT2D eigenvalue weighted by molar-refractivity contribution is -0.124. The minimum atomic E-state index is -0.248. The van der Waals surface area contributed by atoms with Crippen molar-refractivity contribution in [1.29, 1.82) is 0 Å². The van der Waals surface area contributed by atoms with Crippen LogP contribution in [0, 0.1) is 5.92 Å². The number of hydrazine groups is 1. The quantitative estimate of drug-likeness (QED) is 0.726. The summed E-state index contributed by atoms with van der Waals surface area (Å²) in [6, 6.07) is 9.78. The Bertz CT molecular complexity index is 600. The molecule has 0 saturated carbocycles. The summed E-state index contributed by atoms with van der Waals surface area (Å²) in [4.78, 5) is 12.7. The van der Waals surface area contributed by atoms with E-state index in [0.29, 0.717) is 5.88 Å². The molecule has 3 N–H and O–H groups in total. The Balaban J connectivity index is 1.61. The number of allylic oxidation sites excluding steroid dienone is 3. The van der Waals surface area contributed by atoms with Crippen LogP contribution >= 0.6 is 11.6 Å². The van der Waals surface area contributed by atoms with Gasteiger partial charge in [-0.15, -0.1) is 11.6 Å². The smallest absolute Gasteiger partial charge is 0.239 e. The van der Waals surface area contributed by atoms with E-state index in [-0.39, 0.29) is 23.9 Å². The van der Waals surface area contributed by atoms with Gasteiger partial charge in [0.2, 0.25) is 5.91 Å². The van der Waals surface area contributed by atoms with Gasteiger partial charge in [0.1, 0.15) is 6.04 Å². The first kappa shape index (κ1) is 16.1. The van der Waals surface area contributed by atoms with Crippen molar-refractivity contribution in [3.8, 4) is 0 Å². The van der Waals surface area contributed by atoms with Crippen molar-refractivity contribution in [2.24, 2.45) is 5.92 Å². The molecule has 2 aliphatic rings. The van der Waals surface area contributed by atoms with Crippen LogP contribution in [0.25, 0.3) is 0 Å². The van der Waals surface area contributed by atoms with Crippen molar-refractivity contribution in [3.05, 3.63) is 59.8 Å². The fourth-order valence-electron chi connectivity index (χ4n) is 3.15. The summed E-state index contributed by atoms with van der Waals surface area (Å²) in [7, 11) is 0. The second kappa shape index (κ2) is 7.66. The molecular weight excluding hydrogens is 310 g/mol. The third-order valence-corrected chi connectivity index (χ3v) is 4.74. The molecule has 1 amide bonds. The molecule has 1 aromatic carbocycles. The number of rotatable bonds is 5. The first-order valence-corrected chi connectivity index (χ1v) is 8.60. The number of carbonyl (C=O) groups excluding carboxylic acids is 1. The van der Waals surface area contributed by atoms with Crippen molar-refractivity contribution in [2.45, 2.75) is 31.3 Å². The van der Waals surface area contributed by atoms with Crippen LogP contribution in [0.2, 0.25) is 0 Å². The highest BCUT2D eigenvalue weighted by atomic mass is 35.5. The Kier molecular flexibility index (Phi) is 5.36. The average Bonchev–Trinajstić information content (AvgIpc) is 2.84. The molecule has 2 unspecified atom stereocenters. The van der Waals surface area contributed by atoms with Crippen molar-refractivity contribution in [2.75, 3.05) is 5.88 Å². The Morgan fingerprint density at radius 3 is 2.96 bits per heavy atom. The maximum absolute atomic E-state index is 12.7. The molecule has 3 rings (SSSR count). The van der Waals surface area contributed by atoms with E-state index in [1.54, 1.807) is 0 Å². The number of amides is 1. The number of fused-ring (bicyclic) bond motifs is 1. The lowest BCUT2D eigenvalue weighted by Gasteiger charge is -2.21. The molecule has 0 radical (unpaired) electrons. The molecule has 122 valence electrons. The first-order valence-electron chi connectivity index (χ1n) is 8.06. The van der Waals surface area contributed by atoms with Gasteiger partial charge in [-0.05, 0) is 30.9 Å². The van der Waals surface area contributed by atoms with Crippen LogP contribution in [0.15, 0.2) is 54.3 Å². The highest BCUT2D eigenvalue weighted by molar-refractivity contribution is 6.18. The highest BCUT2D eigenvalue weighted by Gasteiger charge is 2.36. The molecule has 0 bridgehead atoms. The molecule has 1 saturated heterocycles. The summed E-state index contributed by atoms with van der Waals surface area (Å²) in [5, 5.41) is 3.09. The largest absolute Gasteiger partial charge is 0.350 e. The first-order chi connectivity index (χ1) is 11.3. The predicted molar refractivity (Wildman–Crippen MR) is 92.8 cm³/mol. The maximum Gasteiger partial charge on any atom is 0.239 e. The van der Waals surface area contributed by atoms with Crippen LogP contribution in [0.5, 0.6) is 0 Å². The van der Waals surface area contributed by atoms with Crippen molar-refractivity contribution in [3.63, 3.8) is 0 Å². The maximum atomic E-state index is 12.7. The van der Waals surface area contributed by atoms with E-state index in [2.05, 4.69) is 34.4 Å². The van der Waals surface area contributed by atoms with Gasteiger partial charge >= 0.3 is 0 Å². The fourth-order valence-corrected chi connectivity index (χ4v) is 3.33. The number of alkyl halides is 1. The monoisotopic (exact) mass is 331 g/mol. The van der Waals surface area contributed by atoms with Crippen LogP contribution in [0.3, 0.4) is 0 Å². The number of nitrogens with one attached hydrogen (secondary N) is 3. The third-order valence-electron chi connectivity index (χ3n) is 4.37. The summed E-state index contributed by atoms with van der Waals surface area (Å²) >= 11 is 6.06. The minimum absolute atomic E-state index is 0.00869. The lowest BCUT2D eigenvalue weighted by atomic mass is 9.93. The van der Waals surface area contributed by atoms with E-state index >= 15 is 0 Å². The van der Waals surface area contributed by atoms with Gasteiger partial charge in [0.15, 0.2) is 0 Å². The van der Waals surface area contributed by atoms with E-state index in [4.69, 9.17) is 11.6 Å². The Morgan fingerprint density at radius 1 is 1.35 bits per heavy atom. The van der Waals surface area contributed by atoms with Gasteiger partial charge < -0.3 is 10.7 Å². The van der Waals surface area contributed by atoms with Crippen LogP contribution in [-0.4, -0.2) is 23.9 Å². The SMILES string of the molecule is O=C(N[C@@H](CCl)Cc1ccccc1)C1NNC2=CC=CCCC21. The van der Waals surface area contributed by atoms with Gasteiger partial charge in [0.05, 0.1) is 0 Å². The number of hydrogen-bond acceptors (Lipinski definition) is 3. The summed E-state index contributed by atoms with van der Waals surface area (Å²) in [5.74, 6) is 0.600. The Hall–Kier alpha value is -1.78. The molecule has 4 nitrogen and oxygen atoms in total. The van der Waals surface area contributed by atoms with Gasteiger partial charge in [0, 0.05) is 23.5 Å². The van der Waals surface area contributed by atoms with E-state index in [0.717, 1.165) is 25.0 Å². The molecule has 1 heterocycles. The molecule has 0 spiro atoms. The van der Waals surface area contributed by atoms with Crippen LogP contribution < -0.4 is 16.2 Å². The summed E-state index contributed by atoms with van der Waals surface area (Å²) < 4.78 is 0. The normalized spacial score (nSPS) is 24.1. The Labute approximate surface area is 142 Å². The van der Waals surface area contributed by atoms with Crippen molar-refractivity contribution >= 4 is 17.5 Å². The zero-order chi connectivity index (χ0) is 16.1. The van der Waals surface area contributed by atoms with Crippen LogP contribution in [0.1, 0.15) is 18.4 Å². The van der Waals surface area contributed by atoms with Gasteiger partial charge in [-0.25, -0.2) is 5.43 Å². The zero-order valence-corrected chi connectivity index (χ0v) is 13.7. The third kappa shape index (κ3) is 3.95. The second-order valence-electron chi connectivity index (χ2n) is 6.03. The van der Waals surface area contributed by atoms with E-state index in [1.165, 1.54) is 5.56 Å². The molecule has 23 heavy (non-hydrogen) atoms.